The van der Waals surface area contributed by atoms with E-state index >= 15 is 0 Å². The van der Waals surface area contributed by atoms with Crippen LogP contribution in [0.1, 0.15) is 24.5 Å². The quantitative estimate of drug-likeness (QED) is 0.260. The summed E-state index contributed by atoms with van der Waals surface area (Å²) in [6.45, 7) is 2.88. The Labute approximate surface area is 221 Å². The number of amides is 4. The normalized spacial score (nSPS) is 14.7. The van der Waals surface area contributed by atoms with Gasteiger partial charge in [0.25, 0.3) is 11.8 Å². The van der Waals surface area contributed by atoms with Crippen LogP contribution in [0.25, 0.3) is 6.08 Å². The van der Waals surface area contributed by atoms with Crippen molar-refractivity contribution in [2.24, 2.45) is 0 Å². The fourth-order valence-electron chi connectivity index (χ4n) is 3.44. The van der Waals surface area contributed by atoms with E-state index in [1.165, 1.54) is 6.08 Å². The predicted molar refractivity (Wildman–Crippen MR) is 141 cm³/mol. The van der Waals surface area contributed by atoms with Gasteiger partial charge in [-0.25, -0.2) is 9.69 Å². The molecule has 0 aromatic heterocycles. The van der Waals surface area contributed by atoms with Gasteiger partial charge in [-0.2, -0.15) is 0 Å². The summed E-state index contributed by atoms with van der Waals surface area (Å²) in [5.41, 5.74) is 1.60. The highest BCUT2D eigenvalue weighted by molar-refractivity contribution is 9.10. The van der Waals surface area contributed by atoms with Crippen molar-refractivity contribution < 1.29 is 23.9 Å². The van der Waals surface area contributed by atoms with Gasteiger partial charge in [-0.05, 0) is 72.2 Å². The van der Waals surface area contributed by atoms with Crippen LogP contribution < -0.4 is 19.7 Å². The third kappa shape index (κ3) is 5.95. The summed E-state index contributed by atoms with van der Waals surface area (Å²) in [6.07, 6.45) is 2.24. The lowest BCUT2D eigenvalue weighted by Crippen LogP contribution is -2.54. The summed E-state index contributed by atoms with van der Waals surface area (Å²) >= 11 is 9.78. The first-order valence-electron chi connectivity index (χ1n) is 11.2. The van der Waals surface area contributed by atoms with Crippen LogP contribution in [0.4, 0.5) is 10.5 Å². The molecule has 1 saturated heterocycles. The zero-order valence-electron chi connectivity index (χ0n) is 19.3. The molecule has 7 nitrogen and oxygen atoms in total. The summed E-state index contributed by atoms with van der Waals surface area (Å²) in [5.74, 6) is -0.439. The second-order valence-electron chi connectivity index (χ2n) is 7.91. The number of nitrogens with zero attached hydrogens (tertiary/aromatic N) is 1. The number of hydrogen-bond donors (Lipinski definition) is 1. The molecule has 3 aromatic carbocycles. The number of halogens is 2. The fraction of sp³-hybridized carbons (Fsp3) is 0.148. The molecule has 1 N–H and O–H groups in total. The standard InChI is InChI=1S/C27H22BrClN2O5/c1-2-13-35-21-10-8-20(9-11-21)31-26(33)22(25(32)30-27(31)34)14-18-5-12-24(23(29)15-18)36-16-17-3-6-19(28)7-4-17/h3-12,14-15H,2,13,16H2,1H3,(H,30,32,34)/b22-14-. The van der Waals surface area contributed by atoms with Crippen LogP contribution in [0, 0.1) is 0 Å². The Balaban J connectivity index is 1.52. The number of anilines is 1. The summed E-state index contributed by atoms with van der Waals surface area (Å²) in [6, 6.07) is 18.3. The number of carbonyl (C=O) groups excluding carboxylic acids is 3. The Morgan fingerprint density at radius 2 is 1.69 bits per heavy atom. The van der Waals surface area contributed by atoms with Crippen molar-refractivity contribution in [3.8, 4) is 11.5 Å². The number of urea groups is 1. The largest absolute Gasteiger partial charge is 0.494 e. The lowest BCUT2D eigenvalue weighted by atomic mass is 10.1. The highest BCUT2D eigenvalue weighted by atomic mass is 79.9. The van der Waals surface area contributed by atoms with Gasteiger partial charge in [0.05, 0.1) is 17.3 Å². The summed E-state index contributed by atoms with van der Waals surface area (Å²) in [4.78, 5) is 39.0. The van der Waals surface area contributed by atoms with Gasteiger partial charge in [0.15, 0.2) is 0 Å². The van der Waals surface area contributed by atoms with Crippen molar-refractivity contribution >= 4 is 57.1 Å². The Hall–Kier alpha value is -3.62. The average Bonchev–Trinajstić information content (AvgIpc) is 2.86. The summed E-state index contributed by atoms with van der Waals surface area (Å²) in [5, 5.41) is 2.53. The lowest BCUT2D eigenvalue weighted by Gasteiger charge is -2.26. The molecule has 0 spiro atoms. The average molecular weight is 570 g/mol. The number of ether oxygens (including phenoxy) is 2. The van der Waals surface area contributed by atoms with Crippen LogP contribution >= 0.6 is 27.5 Å². The molecule has 184 valence electrons. The number of rotatable bonds is 8. The molecule has 36 heavy (non-hydrogen) atoms. The van der Waals surface area contributed by atoms with Gasteiger partial charge in [-0.1, -0.05) is 52.7 Å². The molecule has 0 aliphatic carbocycles. The van der Waals surface area contributed by atoms with Gasteiger partial charge in [0.1, 0.15) is 23.7 Å². The Bertz CT molecular complexity index is 1320. The van der Waals surface area contributed by atoms with E-state index in [-0.39, 0.29) is 5.57 Å². The molecular weight excluding hydrogens is 548 g/mol. The number of benzene rings is 3. The smallest absolute Gasteiger partial charge is 0.335 e. The van der Waals surface area contributed by atoms with Gasteiger partial charge in [-0.3, -0.25) is 14.9 Å². The number of hydrogen-bond acceptors (Lipinski definition) is 5. The van der Waals surface area contributed by atoms with E-state index in [1.54, 1.807) is 42.5 Å². The van der Waals surface area contributed by atoms with E-state index in [0.717, 1.165) is 21.4 Å². The first kappa shape index (κ1) is 25.5. The lowest BCUT2D eigenvalue weighted by molar-refractivity contribution is -0.122. The van der Waals surface area contributed by atoms with E-state index in [2.05, 4.69) is 21.2 Å². The fourth-order valence-corrected chi connectivity index (χ4v) is 3.94. The molecule has 4 amide bonds. The van der Waals surface area contributed by atoms with Crippen LogP contribution in [-0.4, -0.2) is 24.5 Å². The molecule has 1 aliphatic heterocycles. The van der Waals surface area contributed by atoms with Crippen molar-refractivity contribution in [3.63, 3.8) is 0 Å². The van der Waals surface area contributed by atoms with E-state index in [1.807, 2.05) is 31.2 Å². The maximum Gasteiger partial charge on any atom is 0.335 e. The second-order valence-corrected chi connectivity index (χ2v) is 9.23. The number of nitrogens with one attached hydrogen (secondary N) is 1. The molecule has 1 aliphatic rings. The zero-order valence-corrected chi connectivity index (χ0v) is 21.6. The molecule has 1 fully saturated rings. The van der Waals surface area contributed by atoms with Gasteiger partial charge >= 0.3 is 6.03 Å². The molecule has 9 heteroatoms. The van der Waals surface area contributed by atoms with Crippen LogP contribution in [0.3, 0.4) is 0 Å². The second kappa shape index (κ2) is 11.4. The predicted octanol–water partition coefficient (Wildman–Crippen LogP) is 6.14. The van der Waals surface area contributed by atoms with Crippen LogP contribution in [0.2, 0.25) is 5.02 Å². The highest BCUT2D eigenvalue weighted by Crippen LogP contribution is 2.29. The number of imide groups is 2. The molecule has 0 atom stereocenters. The minimum absolute atomic E-state index is 0.194. The third-order valence-electron chi connectivity index (χ3n) is 5.24. The molecule has 0 radical (unpaired) electrons. The molecule has 4 rings (SSSR count). The van der Waals surface area contributed by atoms with Crippen molar-refractivity contribution in [1.29, 1.82) is 0 Å². The highest BCUT2D eigenvalue weighted by Gasteiger charge is 2.36. The molecule has 1 heterocycles. The number of carbonyl (C=O) groups is 3. The van der Waals surface area contributed by atoms with Crippen molar-refractivity contribution in [2.45, 2.75) is 20.0 Å². The summed E-state index contributed by atoms with van der Waals surface area (Å²) in [7, 11) is 0. The van der Waals surface area contributed by atoms with Crippen molar-refractivity contribution in [2.75, 3.05) is 11.5 Å². The summed E-state index contributed by atoms with van der Waals surface area (Å²) < 4.78 is 12.3. The molecule has 0 unspecified atom stereocenters. The number of barbiturate groups is 1. The van der Waals surface area contributed by atoms with Crippen LogP contribution in [-0.2, 0) is 16.2 Å². The topological polar surface area (TPSA) is 84.9 Å². The van der Waals surface area contributed by atoms with Crippen LogP contribution in [0.5, 0.6) is 11.5 Å². The zero-order chi connectivity index (χ0) is 25.7. The molecule has 0 bridgehead atoms. The first-order valence-corrected chi connectivity index (χ1v) is 12.3. The van der Waals surface area contributed by atoms with E-state index in [4.69, 9.17) is 21.1 Å². The van der Waals surface area contributed by atoms with Gasteiger partial charge < -0.3 is 9.47 Å². The van der Waals surface area contributed by atoms with Crippen LogP contribution in [0.15, 0.2) is 76.8 Å². The monoisotopic (exact) mass is 568 g/mol. The van der Waals surface area contributed by atoms with Crippen molar-refractivity contribution in [3.05, 3.63) is 92.9 Å². The minimum Gasteiger partial charge on any atom is -0.494 e. The Morgan fingerprint density at radius 3 is 2.36 bits per heavy atom. The maximum absolute atomic E-state index is 13.1. The maximum atomic E-state index is 13.1. The van der Waals surface area contributed by atoms with E-state index in [9.17, 15) is 14.4 Å². The minimum atomic E-state index is -0.820. The van der Waals surface area contributed by atoms with E-state index < -0.39 is 17.8 Å². The Kier molecular flexibility index (Phi) is 8.07. The van der Waals surface area contributed by atoms with Gasteiger partial charge in [0.2, 0.25) is 0 Å². The molecular formula is C27H22BrClN2O5. The first-order chi connectivity index (χ1) is 17.4. The van der Waals surface area contributed by atoms with E-state index in [0.29, 0.717) is 41.0 Å². The third-order valence-corrected chi connectivity index (χ3v) is 6.07. The van der Waals surface area contributed by atoms with Crippen molar-refractivity contribution in [1.82, 2.24) is 5.32 Å². The molecule has 0 saturated carbocycles. The van der Waals surface area contributed by atoms with Gasteiger partial charge in [-0.15, -0.1) is 0 Å². The SMILES string of the molecule is CCCOc1ccc(N2C(=O)NC(=O)/C(=C/c3ccc(OCc4ccc(Br)cc4)c(Cl)c3)C2=O)cc1. The van der Waals surface area contributed by atoms with Gasteiger partial charge in [0, 0.05) is 4.47 Å². The Morgan fingerprint density at radius 1 is 0.972 bits per heavy atom. The molecule has 3 aromatic rings.